The number of thiazole rings is 2. The lowest BCUT2D eigenvalue weighted by Gasteiger charge is -2.18. The third-order valence-electron chi connectivity index (χ3n) is 4.79. The minimum Gasteiger partial charge on any atom is -0.367 e. The zero-order chi connectivity index (χ0) is 24.7. The lowest BCUT2D eigenvalue weighted by Crippen LogP contribution is -2.15. The number of rotatable bonds is 12. The topological polar surface area (TPSA) is 140 Å². The Morgan fingerprint density at radius 2 is 1.86 bits per heavy atom. The zero-order valence-corrected chi connectivity index (χ0v) is 20.5. The van der Waals surface area contributed by atoms with E-state index in [1.807, 2.05) is 40.4 Å². The number of hydrogen-bond acceptors (Lipinski definition) is 10. The number of anilines is 2. The van der Waals surface area contributed by atoms with Crippen molar-refractivity contribution in [2.75, 3.05) is 10.0 Å². The van der Waals surface area contributed by atoms with Gasteiger partial charge in [0.2, 0.25) is 0 Å². The van der Waals surface area contributed by atoms with E-state index in [1.165, 1.54) is 22.7 Å². The van der Waals surface area contributed by atoms with Crippen LogP contribution in [0.2, 0.25) is 0 Å². The van der Waals surface area contributed by atoms with Gasteiger partial charge < -0.3 is 10.2 Å². The van der Waals surface area contributed by atoms with E-state index in [0.717, 1.165) is 26.8 Å². The van der Waals surface area contributed by atoms with Gasteiger partial charge in [-0.25, -0.2) is 9.97 Å². The van der Waals surface area contributed by atoms with Gasteiger partial charge >= 0.3 is 16.8 Å². The molecule has 0 aliphatic heterocycles. The van der Waals surface area contributed by atoms with Crippen molar-refractivity contribution >= 4 is 50.1 Å². The van der Waals surface area contributed by atoms with E-state index in [-0.39, 0.29) is 24.8 Å². The molecule has 4 rings (SSSR count). The number of carbonyl (C=O) groups is 1. The standard InChI is InChI=1S/C22H20N4O6S3/c27-14-32-31-11-19-22(34-13-23-19)24-18(10-15-6-8-17(9-7-15)26-35(28,29)30)20-12-33-21(25-20)16-4-2-1-3-5-16/h1-9,12-14,18,24,26H,10-11H2,(H,28,29,30)/t18-/m0/s1. The van der Waals surface area contributed by atoms with Crippen LogP contribution in [0.3, 0.4) is 0 Å². The molecule has 2 heterocycles. The van der Waals surface area contributed by atoms with Crippen molar-refractivity contribution < 1.29 is 27.5 Å². The minimum absolute atomic E-state index is 0.0143. The number of carbonyl (C=O) groups excluding carboxylic acids is 1. The molecule has 3 N–H and O–H groups in total. The van der Waals surface area contributed by atoms with Crippen LogP contribution < -0.4 is 10.0 Å². The smallest absolute Gasteiger partial charge is 0.357 e. The van der Waals surface area contributed by atoms with Crippen LogP contribution in [0.4, 0.5) is 10.7 Å². The van der Waals surface area contributed by atoms with Gasteiger partial charge in [-0.05, 0) is 24.1 Å². The Morgan fingerprint density at radius 3 is 2.57 bits per heavy atom. The average molecular weight is 533 g/mol. The first-order valence-corrected chi connectivity index (χ1v) is 13.4. The molecule has 1 atom stereocenters. The SMILES string of the molecule is O=COOCc1ncsc1N[C@@H](Cc1ccc(NS(=O)(=O)O)cc1)c1csc(-c2ccccc2)n1. The quantitative estimate of drug-likeness (QED) is 0.0792. The van der Waals surface area contributed by atoms with Crippen LogP contribution in [0.25, 0.3) is 10.6 Å². The molecule has 0 spiro atoms. The number of nitrogens with one attached hydrogen (secondary N) is 2. The maximum atomic E-state index is 11.1. The fourth-order valence-electron chi connectivity index (χ4n) is 3.25. The van der Waals surface area contributed by atoms with Crippen molar-refractivity contribution in [2.24, 2.45) is 0 Å². The molecule has 0 unspecified atom stereocenters. The lowest BCUT2D eigenvalue weighted by molar-refractivity contribution is -0.267. The molecular weight excluding hydrogens is 512 g/mol. The number of aromatic nitrogens is 2. The summed E-state index contributed by atoms with van der Waals surface area (Å²) in [4.78, 5) is 28.6. The van der Waals surface area contributed by atoms with Crippen LogP contribution >= 0.6 is 22.7 Å². The van der Waals surface area contributed by atoms with Gasteiger partial charge in [0, 0.05) is 10.9 Å². The highest BCUT2D eigenvalue weighted by Crippen LogP contribution is 2.32. The van der Waals surface area contributed by atoms with Gasteiger partial charge in [-0.15, -0.1) is 22.7 Å². The molecule has 4 aromatic rings. The van der Waals surface area contributed by atoms with E-state index in [2.05, 4.69) is 15.2 Å². The van der Waals surface area contributed by atoms with E-state index in [1.54, 1.807) is 29.8 Å². The van der Waals surface area contributed by atoms with E-state index in [4.69, 9.17) is 14.4 Å². The van der Waals surface area contributed by atoms with Gasteiger partial charge in [0.05, 0.1) is 22.9 Å². The van der Waals surface area contributed by atoms with E-state index in [0.29, 0.717) is 12.1 Å². The zero-order valence-electron chi connectivity index (χ0n) is 18.0. The number of nitrogens with zero attached hydrogens (tertiary/aromatic N) is 2. The summed E-state index contributed by atoms with van der Waals surface area (Å²) in [6.45, 7) is 0.183. The highest BCUT2D eigenvalue weighted by atomic mass is 32.2. The average Bonchev–Trinajstić information content (AvgIpc) is 3.50. The Hall–Kier alpha value is -3.36. The first kappa shape index (κ1) is 24.8. The van der Waals surface area contributed by atoms with E-state index < -0.39 is 10.3 Å². The van der Waals surface area contributed by atoms with Gasteiger partial charge in [0.1, 0.15) is 22.3 Å². The molecule has 0 saturated carbocycles. The molecular formula is C22H20N4O6S3. The Kier molecular flexibility index (Phi) is 8.05. The van der Waals surface area contributed by atoms with Crippen LogP contribution in [0.5, 0.6) is 0 Å². The largest absolute Gasteiger partial charge is 0.367 e. The Morgan fingerprint density at radius 1 is 1.09 bits per heavy atom. The van der Waals surface area contributed by atoms with Crippen LogP contribution in [0.1, 0.15) is 23.0 Å². The van der Waals surface area contributed by atoms with E-state index in [9.17, 15) is 13.2 Å². The maximum absolute atomic E-state index is 11.1. The van der Waals surface area contributed by atoms with Crippen molar-refractivity contribution in [1.29, 1.82) is 0 Å². The Balaban J connectivity index is 1.58. The third-order valence-corrected chi connectivity index (χ3v) is 6.99. The van der Waals surface area contributed by atoms with Crippen molar-refractivity contribution in [3.63, 3.8) is 0 Å². The number of benzene rings is 2. The summed E-state index contributed by atoms with van der Waals surface area (Å²) in [6.07, 6.45) is 0.521. The molecule has 13 heteroatoms. The molecule has 2 aromatic carbocycles. The molecule has 0 aliphatic carbocycles. The van der Waals surface area contributed by atoms with Crippen molar-refractivity contribution in [3.05, 3.63) is 82.4 Å². The molecule has 0 amide bonds. The molecule has 0 saturated heterocycles. The molecule has 0 radical (unpaired) electrons. The van der Waals surface area contributed by atoms with Gasteiger partial charge in [-0.2, -0.15) is 13.3 Å². The van der Waals surface area contributed by atoms with E-state index >= 15 is 0 Å². The summed E-state index contributed by atoms with van der Waals surface area (Å²) >= 11 is 2.91. The molecule has 182 valence electrons. The molecule has 0 fully saturated rings. The van der Waals surface area contributed by atoms with Crippen molar-refractivity contribution in [2.45, 2.75) is 19.1 Å². The van der Waals surface area contributed by atoms with Crippen molar-refractivity contribution in [3.8, 4) is 10.6 Å². The first-order valence-electron chi connectivity index (χ1n) is 10.2. The highest BCUT2D eigenvalue weighted by molar-refractivity contribution is 7.87. The second-order valence-corrected chi connectivity index (χ2v) is 10.1. The molecule has 0 bridgehead atoms. The van der Waals surface area contributed by atoms with Crippen LogP contribution in [-0.2, 0) is 37.9 Å². The number of hydrogen-bond donors (Lipinski definition) is 3. The summed E-state index contributed by atoms with van der Waals surface area (Å²) in [5.41, 5.74) is 5.22. The monoisotopic (exact) mass is 532 g/mol. The summed E-state index contributed by atoms with van der Waals surface area (Å²) in [5, 5.41) is 7.07. The first-order chi connectivity index (χ1) is 16.9. The van der Waals surface area contributed by atoms with Gasteiger partial charge in [0.15, 0.2) is 0 Å². The summed E-state index contributed by atoms with van der Waals surface area (Å²) < 4.78 is 33.1. The molecule has 10 nitrogen and oxygen atoms in total. The summed E-state index contributed by atoms with van der Waals surface area (Å²) in [7, 11) is -4.35. The highest BCUT2D eigenvalue weighted by Gasteiger charge is 2.20. The lowest BCUT2D eigenvalue weighted by atomic mass is 10.0. The third kappa shape index (κ3) is 7.07. The summed E-state index contributed by atoms with van der Waals surface area (Å²) in [5.74, 6) is 0. The second kappa shape index (κ2) is 11.4. The molecule has 0 aliphatic rings. The fourth-order valence-corrected chi connectivity index (χ4v) is 5.30. The van der Waals surface area contributed by atoms with Gasteiger partial charge in [0.25, 0.3) is 0 Å². The fraction of sp³-hybridized carbons (Fsp3) is 0.136. The minimum atomic E-state index is -4.35. The maximum Gasteiger partial charge on any atom is 0.357 e. The van der Waals surface area contributed by atoms with Crippen LogP contribution in [-0.4, -0.2) is 29.4 Å². The van der Waals surface area contributed by atoms with Crippen LogP contribution in [0, 0.1) is 0 Å². The van der Waals surface area contributed by atoms with Gasteiger partial charge in [-0.3, -0.25) is 14.1 Å². The van der Waals surface area contributed by atoms with Gasteiger partial charge in [-0.1, -0.05) is 42.5 Å². The second-order valence-electron chi connectivity index (χ2n) is 7.20. The Bertz CT molecular complexity index is 1360. The predicted molar refractivity (Wildman–Crippen MR) is 133 cm³/mol. The predicted octanol–water partition coefficient (Wildman–Crippen LogP) is 4.48. The Labute approximate surface area is 209 Å². The molecule has 2 aromatic heterocycles. The molecule has 35 heavy (non-hydrogen) atoms. The van der Waals surface area contributed by atoms with Crippen LogP contribution in [0.15, 0.2) is 65.5 Å². The normalized spacial score (nSPS) is 12.1. The van der Waals surface area contributed by atoms with Crippen molar-refractivity contribution in [1.82, 2.24) is 9.97 Å². The summed E-state index contributed by atoms with van der Waals surface area (Å²) in [6, 6.07) is 16.3.